The van der Waals surface area contributed by atoms with Crippen molar-refractivity contribution < 1.29 is 72.4 Å². The standard InChI is InChI=1S/C11H18N2.2Na.H2O3S/c1-4-13(5-2)11-7-6-10(12)8-9(11)3;;;1-4(2)3/h6-8H,4-5,12H2,1-3H3;;;(H2,1,2,3)/q;2*+1;/p-2. The van der Waals surface area contributed by atoms with E-state index in [9.17, 15) is 0 Å². The second-order valence-electron chi connectivity index (χ2n) is 3.42. The molecule has 8 heteroatoms. The summed E-state index contributed by atoms with van der Waals surface area (Å²) in [5, 5.41) is 0. The number of nitrogen functional groups attached to an aromatic ring is 1. The van der Waals surface area contributed by atoms with Gasteiger partial charge in [-0.2, -0.15) is 0 Å². The monoisotopic (exact) mass is 304 g/mol. The van der Waals surface area contributed by atoms with Crippen LogP contribution >= 0.6 is 0 Å². The summed E-state index contributed by atoms with van der Waals surface area (Å²) in [7, 11) is 0. The van der Waals surface area contributed by atoms with Crippen LogP contribution in [0.5, 0.6) is 0 Å². The van der Waals surface area contributed by atoms with Crippen LogP contribution in [-0.4, -0.2) is 26.4 Å². The molecule has 98 valence electrons. The van der Waals surface area contributed by atoms with Crippen molar-refractivity contribution in [2.75, 3.05) is 23.7 Å². The predicted octanol–water partition coefficient (Wildman–Crippen LogP) is -4.57. The van der Waals surface area contributed by atoms with E-state index in [1.807, 2.05) is 12.1 Å². The number of nitrogens with zero attached hydrogens (tertiary/aromatic N) is 1. The van der Waals surface area contributed by atoms with E-state index in [-0.39, 0.29) is 59.1 Å². The minimum atomic E-state index is -3.11. The van der Waals surface area contributed by atoms with E-state index in [0.717, 1.165) is 18.8 Å². The molecule has 1 aromatic carbocycles. The molecule has 1 rings (SSSR count). The number of aryl methyl sites for hydroxylation is 1. The predicted molar refractivity (Wildman–Crippen MR) is 68.8 cm³/mol. The molecule has 0 spiro atoms. The van der Waals surface area contributed by atoms with Gasteiger partial charge >= 0.3 is 59.1 Å². The molecular weight excluding hydrogens is 286 g/mol. The Bertz CT molecular complexity index is 373. The van der Waals surface area contributed by atoms with Crippen LogP contribution in [0.2, 0.25) is 0 Å². The fourth-order valence-electron chi connectivity index (χ4n) is 1.60. The summed E-state index contributed by atoms with van der Waals surface area (Å²) in [5.41, 5.74) is 9.08. The van der Waals surface area contributed by atoms with E-state index in [0.29, 0.717) is 0 Å². The molecule has 19 heavy (non-hydrogen) atoms. The van der Waals surface area contributed by atoms with Crippen molar-refractivity contribution in [2.45, 2.75) is 20.8 Å². The van der Waals surface area contributed by atoms with Crippen LogP contribution < -0.4 is 69.7 Å². The Balaban J connectivity index is -0.000000379. The van der Waals surface area contributed by atoms with Crippen LogP contribution in [0.25, 0.3) is 0 Å². The van der Waals surface area contributed by atoms with E-state index in [4.69, 9.17) is 19.0 Å². The number of benzene rings is 1. The largest absolute Gasteiger partial charge is 1.00 e. The van der Waals surface area contributed by atoms with Gasteiger partial charge in [0.2, 0.25) is 0 Å². The Morgan fingerprint density at radius 1 is 1.21 bits per heavy atom. The average Bonchev–Trinajstić information content (AvgIpc) is 2.22. The molecular formula is C11H18N2Na2O3S. The molecule has 2 N–H and O–H groups in total. The van der Waals surface area contributed by atoms with Gasteiger partial charge in [-0.15, -0.1) is 11.4 Å². The maximum atomic E-state index is 8.44. The molecule has 0 aliphatic carbocycles. The fraction of sp³-hybridized carbons (Fsp3) is 0.455. The van der Waals surface area contributed by atoms with Crippen LogP contribution in [0, 0.1) is 6.92 Å². The van der Waals surface area contributed by atoms with Gasteiger partial charge in [0.15, 0.2) is 0 Å². The molecule has 5 nitrogen and oxygen atoms in total. The molecule has 1 aromatic rings. The van der Waals surface area contributed by atoms with Crippen molar-refractivity contribution in [3.05, 3.63) is 23.8 Å². The Labute approximate surface area is 162 Å². The van der Waals surface area contributed by atoms with Crippen molar-refractivity contribution in [3.63, 3.8) is 0 Å². The third-order valence-corrected chi connectivity index (χ3v) is 2.32. The number of anilines is 2. The topological polar surface area (TPSA) is 92.5 Å². The van der Waals surface area contributed by atoms with Crippen LogP contribution in [0.15, 0.2) is 18.2 Å². The normalized spacial score (nSPS) is 8.74. The van der Waals surface area contributed by atoms with Crippen molar-refractivity contribution >= 4 is 22.7 Å². The van der Waals surface area contributed by atoms with Gasteiger partial charge in [-0.3, -0.25) is 4.21 Å². The zero-order valence-corrected chi connectivity index (χ0v) is 17.1. The fourth-order valence-corrected chi connectivity index (χ4v) is 1.60. The molecule has 0 atom stereocenters. The third-order valence-electron chi connectivity index (χ3n) is 2.32. The molecule has 0 aromatic heterocycles. The maximum absolute atomic E-state index is 8.44. The summed E-state index contributed by atoms with van der Waals surface area (Å²) in [6.45, 7) is 8.52. The molecule has 0 aliphatic rings. The summed E-state index contributed by atoms with van der Waals surface area (Å²) in [6.07, 6.45) is 0. The Kier molecular flexibility index (Phi) is 18.1. The van der Waals surface area contributed by atoms with Crippen LogP contribution in [0.4, 0.5) is 11.4 Å². The van der Waals surface area contributed by atoms with E-state index in [1.54, 1.807) is 0 Å². The van der Waals surface area contributed by atoms with Crippen LogP contribution in [0.1, 0.15) is 19.4 Å². The average molecular weight is 304 g/mol. The van der Waals surface area contributed by atoms with E-state index in [1.165, 1.54) is 11.3 Å². The number of hydrogen-bond acceptors (Lipinski definition) is 5. The maximum Gasteiger partial charge on any atom is 1.00 e. The minimum Gasteiger partial charge on any atom is -0.784 e. The summed E-state index contributed by atoms with van der Waals surface area (Å²) in [6, 6.07) is 6.08. The van der Waals surface area contributed by atoms with Crippen molar-refractivity contribution in [3.8, 4) is 0 Å². The van der Waals surface area contributed by atoms with E-state index in [2.05, 4.69) is 31.7 Å². The number of rotatable bonds is 3. The smallest absolute Gasteiger partial charge is 0.784 e. The van der Waals surface area contributed by atoms with Gasteiger partial charge in [-0.25, -0.2) is 0 Å². The van der Waals surface area contributed by atoms with Crippen molar-refractivity contribution in [1.82, 2.24) is 0 Å². The molecule has 0 radical (unpaired) electrons. The summed E-state index contributed by atoms with van der Waals surface area (Å²) >= 11 is -3.11. The molecule has 0 aliphatic heterocycles. The van der Waals surface area contributed by atoms with Gasteiger partial charge < -0.3 is 19.7 Å². The number of hydrogen-bond donors (Lipinski definition) is 1. The zero-order chi connectivity index (χ0) is 13.4. The second-order valence-corrected chi connectivity index (χ2v) is 3.83. The van der Waals surface area contributed by atoms with E-state index < -0.39 is 11.4 Å². The van der Waals surface area contributed by atoms with E-state index >= 15 is 0 Å². The molecule has 0 saturated carbocycles. The van der Waals surface area contributed by atoms with Gasteiger partial charge in [0.1, 0.15) is 0 Å². The van der Waals surface area contributed by atoms with Gasteiger partial charge in [0.25, 0.3) is 0 Å². The quantitative estimate of drug-likeness (QED) is 0.345. The first-order valence-electron chi connectivity index (χ1n) is 5.30. The molecule has 0 amide bonds. The molecule has 0 heterocycles. The SMILES string of the molecule is CCN(CC)c1ccc(N)cc1C.O=S([O-])[O-].[Na+].[Na+]. The van der Waals surface area contributed by atoms with Crippen molar-refractivity contribution in [2.24, 2.45) is 0 Å². The first-order valence-corrected chi connectivity index (χ1v) is 6.30. The first-order chi connectivity index (χ1) is 7.92. The van der Waals surface area contributed by atoms with Gasteiger partial charge in [0.05, 0.1) is 0 Å². The van der Waals surface area contributed by atoms with Crippen LogP contribution in [-0.2, 0) is 11.4 Å². The molecule has 0 saturated heterocycles. The zero-order valence-electron chi connectivity index (χ0n) is 12.3. The summed E-state index contributed by atoms with van der Waals surface area (Å²) in [4.78, 5) is 2.33. The Morgan fingerprint density at radius 3 is 1.95 bits per heavy atom. The first kappa shape index (κ1) is 24.9. The van der Waals surface area contributed by atoms with Gasteiger partial charge in [-0.1, -0.05) is 0 Å². The molecule has 0 bridgehead atoms. The van der Waals surface area contributed by atoms with Gasteiger partial charge in [-0.05, 0) is 44.5 Å². The Hall–Kier alpha value is 0.890. The minimum absolute atomic E-state index is 0. The Morgan fingerprint density at radius 2 is 1.63 bits per heavy atom. The second kappa shape index (κ2) is 13.9. The summed E-state index contributed by atoms with van der Waals surface area (Å²) < 4.78 is 25.3. The van der Waals surface area contributed by atoms with Crippen molar-refractivity contribution in [1.29, 1.82) is 0 Å². The molecule has 0 unspecified atom stereocenters. The van der Waals surface area contributed by atoms with Crippen LogP contribution in [0.3, 0.4) is 0 Å². The molecule has 0 fully saturated rings. The van der Waals surface area contributed by atoms with Gasteiger partial charge in [0, 0.05) is 24.5 Å². The number of nitrogens with two attached hydrogens (primary N) is 1. The third kappa shape index (κ3) is 11.2. The summed E-state index contributed by atoms with van der Waals surface area (Å²) in [5.74, 6) is 0.